The largest absolute Gasteiger partial charge is 0.396 e. The number of likely N-dealkylation sites (tertiary alicyclic amines) is 1. The van der Waals surface area contributed by atoms with E-state index < -0.39 is 0 Å². The summed E-state index contributed by atoms with van der Waals surface area (Å²) in [7, 11) is 0. The fourth-order valence-electron chi connectivity index (χ4n) is 4.17. The van der Waals surface area contributed by atoms with Crippen molar-refractivity contribution in [2.24, 2.45) is 11.8 Å². The summed E-state index contributed by atoms with van der Waals surface area (Å²) in [5.74, 6) is 0.522. The normalized spacial score (nSPS) is 28.5. The molecule has 1 aliphatic carbocycles. The van der Waals surface area contributed by atoms with Crippen molar-refractivity contribution >= 4 is 5.91 Å². The number of hydrogen-bond donors (Lipinski definition) is 2. The van der Waals surface area contributed by atoms with Gasteiger partial charge in [-0.25, -0.2) is 0 Å². The molecule has 1 saturated heterocycles. The zero-order chi connectivity index (χ0) is 16.8. The number of aliphatic hydroxyl groups is 1. The molecule has 132 valence electrons. The third-order valence-electron chi connectivity index (χ3n) is 5.60. The van der Waals surface area contributed by atoms with Crippen molar-refractivity contribution < 1.29 is 9.90 Å². The van der Waals surface area contributed by atoms with Crippen LogP contribution in [0.2, 0.25) is 0 Å². The highest BCUT2D eigenvalue weighted by Crippen LogP contribution is 2.25. The molecule has 24 heavy (non-hydrogen) atoms. The highest BCUT2D eigenvalue weighted by Gasteiger charge is 2.30. The van der Waals surface area contributed by atoms with Gasteiger partial charge in [0.05, 0.1) is 5.92 Å². The van der Waals surface area contributed by atoms with Crippen molar-refractivity contribution in [2.45, 2.75) is 51.1 Å². The molecule has 1 aromatic rings. The Labute approximate surface area is 145 Å². The fourth-order valence-corrected chi connectivity index (χ4v) is 4.17. The number of carbonyl (C=O) groups is 1. The number of hydrogen-bond acceptors (Lipinski definition) is 3. The Hall–Kier alpha value is -1.39. The van der Waals surface area contributed by atoms with Crippen LogP contribution in [0.1, 0.15) is 44.1 Å². The Bertz CT molecular complexity index is 520. The molecule has 3 unspecified atom stereocenters. The van der Waals surface area contributed by atoms with Crippen molar-refractivity contribution in [3.63, 3.8) is 0 Å². The average Bonchev–Trinajstić information content (AvgIpc) is 2.63. The van der Waals surface area contributed by atoms with Crippen molar-refractivity contribution in [1.82, 2.24) is 10.2 Å². The molecule has 1 aliphatic heterocycles. The summed E-state index contributed by atoms with van der Waals surface area (Å²) in [6, 6.07) is 10.6. The quantitative estimate of drug-likeness (QED) is 0.872. The molecule has 3 rings (SSSR count). The monoisotopic (exact) mass is 330 g/mol. The van der Waals surface area contributed by atoms with Crippen LogP contribution in [0.3, 0.4) is 0 Å². The van der Waals surface area contributed by atoms with E-state index in [-0.39, 0.29) is 30.4 Å². The van der Waals surface area contributed by atoms with Crippen LogP contribution in [0.25, 0.3) is 0 Å². The first-order chi connectivity index (χ1) is 11.8. The lowest BCUT2D eigenvalue weighted by molar-refractivity contribution is -0.128. The minimum absolute atomic E-state index is 0.0868. The number of carbonyl (C=O) groups excluding carboxylic acids is 1. The highest BCUT2D eigenvalue weighted by atomic mass is 16.3. The highest BCUT2D eigenvalue weighted by molar-refractivity contribution is 5.79. The molecule has 3 atom stereocenters. The number of rotatable bonds is 5. The third kappa shape index (κ3) is 4.58. The van der Waals surface area contributed by atoms with Gasteiger partial charge in [-0.1, -0.05) is 43.2 Å². The second-order valence-electron chi connectivity index (χ2n) is 7.40. The molecular weight excluding hydrogens is 300 g/mol. The van der Waals surface area contributed by atoms with Gasteiger partial charge in [-0.05, 0) is 37.8 Å². The second-order valence-corrected chi connectivity index (χ2v) is 7.40. The van der Waals surface area contributed by atoms with E-state index in [4.69, 9.17) is 0 Å². The molecule has 4 nitrogen and oxygen atoms in total. The van der Waals surface area contributed by atoms with E-state index in [1.807, 2.05) is 6.07 Å². The summed E-state index contributed by atoms with van der Waals surface area (Å²) >= 11 is 0. The second kappa shape index (κ2) is 8.63. The molecule has 1 amide bonds. The number of benzene rings is 1. The first kappa shape index (κ1) is 17.4. The van der Waals surface area contributed by atoms with Crippen LogP contribution in [0.5, 0.6) is 0 Å². The fraction of sp³-hybridized carbons (Fsp3) is 0.650. The lowest BCUT2D eigenvalue weighted by atomic mass is 9.84. The topological polar surface area (TPSA) is 52.6 Å². The summed E-state index contributed by atoms with van der Waals surface area (Å²) in [6.07, 6.45) is 6.44. The Morgan fingerprint density at radius 3 is 2.71 bits per heavy atom. The molecule has 0 radical (unpaired) electrons. The van der Waals surface area contributed by atoms with Crippen LogP contribution in [0.15, 0.2) is 30.3 Å². The molecule has 1 aromatic carbocycles. The molecule has 0 bridgehead atoms. The first-order valence-corrected chi connectivity index (χ1v) is 9.44. The minimum Gasteiger partial charge on any atom is -0.396 e. The van der Waals surface area contributed by atoms with Gasteiger partial charge in [0.1, 0.15) is 0 Å². The van der Waals surface area contributed by atoms with E-state index in [0.717, 1.165) is 51.7 Å². The number of amides is 1. The Morgan fingerprint density at radius 2 is 1.92 bits per heavy atom. The summed E-state index contributed by atoms with van der Waals surface area (Å²) in [5, 5.41) is 12.8. The van der Waals surface area contributed by atoms with Gasteiger partial charge in [-0.2, -0.15) is 0 Å². The maximum absolute atomic E-state index is 12.7. The van der Waals surface area contributed by atoms with Gasteiger partial charge in [0.2, 0.25) is 5.91 Å². The average molecular weight is 330 g/mol. The molecule has 2 N–H and O–H groups in total. The summed E-state index contributed by atoms with van der Waals surface area (Å²) in [5.41, 5.74) is 1.31. The van der Waals surface area contributed by atoms with Gasteiger partial charge in [-0.3, -0.25) is 9.69 Å². The van der Waals surface area contributed by atoms with Crippen molar-refractivity contribution in [1.29, 1.82) is 0 Å². The van der Waals surface area contributed by atoms with E-state index >= 15 is 0 Å². The van der Waals surface area contributed by atoms with E-state index in [2.05, 4.69) is 34.5 Å². The predicted molar refractivity (Wildman–Crippen MR) is 95.4 cm³/mol. The number of nitrogens with zero attached hydrogens (tertiary/aromatic N) is 1. The molecule has 0 spiro atoms. The minimum atomic E-state index is 0.0868. The molecular formula is C20H30N2O2. The molecule has 1 heterocycles. The Balaban J connectivity index is 1.53. The summed E-state index contributed by atoms with van der Waals surface area (Å²) in [4.78, 5) is 15.1. The van der Waals surface area contributed by atoms with Crippen molar-refractivity contribution in [3.05, 3.63) is 35.9 Å². The van der Waals surface area contributed by atoms with Gasteiger partial charge < -0.3 is 10.4 Å². The van der Waals surface area contributed by atoms with Gasteiger partial charge in [-0.15, -0.1) is 0 Å². The Kier molecular flexibility index (Phi) is 6.27. The molecule has 0 aromatic heterocycles. The van der Waals surface area contributed by atoms with Crippen LogP contribution < -0.4 is 5.32 Å². The molecule has 2 aliphatic rings. The maximum atomic E-state index is 12.7. The lowest BCUT2D eigenvalue weighted by Crippen LogP contribution is -2.49. The van der Waals surface area contributed by atoms with E-state index in [1.165, 1.54) is 12.0 Å². The first-order valence-electron chi connectivity index (χ1n) is 9.44. The zero-order valence-electron chi connectivity index (χ0n) is 14.5. The van der Waals surface area contributed by atoms with Crippen molar-refractivity contribution in [3.8, 4) is 0 Å². The van der Waals surface area contributed by atoms with Crippen LogP contribution >= 0.6 is 0 Å². The smallest absolute Gasteiger partial charge is 0.224 e. The van der Waals surface area contributed by atoms with E-state index in [0.29, 0.717) is 0 Å². The molecule has 2 fully saturated rings. The van der Waals surface area contributed by atoms with Gasteiger partial charge >= 0.3 is 0 Å². The predicted octanol–water partition coefficient (Wildman–Crippen LogP) is 2.57. The Morgan fingerprint density at radius 1 is 1.12 bits per heavy atom. The lowest BCUT2D eigenvalue weighted by Gasteiger charge is -2.35. The van der Waals surface area contributed by atoms with Crippen LogP contribution in [-0.4, -0.2) is 41.7 Å². The van der Waals surface area contributed by atoms with Gasteiger partial charge in [0, 0.05) is 31.7 Å². The van der Waals surface area contributed by atoms with Crippen LogP contribution in [-0.2, 0) is 11.3 Å². The number of aliphatic hydroxyl groups excluding tert-OH is 1. The third-order valence-corrected chi connectivity index (χ3v) is 5.60. The van der Waals surface area contributed by atoms with E-state index in [1.54, 1.807) is 0 Å². The standard InChI is InChI=1S/C20H30N2O2/c23-15-18-9-4-5-11-19(18)21-20(24)17-10-6-12-22(14-17)13-16-7-2-1-3-8-16/h1-3,7-8,17-19,23H,4-6,9-15H2,(H,21,24). The van der Waals surface area contributed by atoms with E-state index in [9.17, 15) is 9.90 Å². The summed E-state index contributed by atoms with van der Waals surface area (Å²) < 4.78 is 0. The van der Waals surface area contributed by atoms with Gasteiger partial charge in [0.15, 0.2) is 0 Å². The van der Waals surface area contributed by atoms with Crippen LogP contribution in [0.4, 0.5) is 0 Å². The molecule has 1 saturated carbocycles. The molecule has 4 heteroatoms. The SMILES string of the molecule is O=C(NC1CCCCC1CO)C1CCCN(Cc2ccccc2)C1. The van der Waals surface area contributed by atoms with Gasteiger partial charge in [0.25, 0.3) is 0 Å². The van der Waals surface area contributed by atoms with Crippen LogP contribution in [0, 0.1) is 11.8 Å². The maximum Gasteiger partial charge on any atom is 0.224 e. The number of piperidine rings is 1. The zero-order valence-corrected chi connectivity index (χ0v) is 14.5. The number of nitrogens with one attached hydrogen (secondary N) is 1. The summed E-state index contributed by atoms with van der Waals surface area (Å²) in [6.45, 7) is 3.03. The van der Waals surface area contributed by atoms with Crippen molar-refractivity contribution in [2.75, 3.05) is 19.7 Å².